The summed E-state index contributed by atoms with van der Waals surface area (Å²) in [7, 11) is 0. The molecule has 0 fully saturated rings. The maximum absolute atomic E-state index is 13.0. The van der Waals surface area contributed by atoms with Crippen molar-refractivity contribution in [2.24, 2.45) is 4.99 Å². The fraction of sp³-hybridized carbons (Fsp3) is 0.353. The Bertz CT molecular complexity index is 813. The number of hydrogen-bond acceptors (Lipinski definition) is 3. The Labute approximate surface area is 145 Å². The molecule has 126 valence electrons. The van der Waals surface area contributed by atoms with E-state index in [1.165, 1.54) is 4.90 Å². The Balaban J connectivity index is 1.79. The summed E-state index contributed by atoms with van der Waals surface area (Å²) in [5, 5.41) is 10.1. The average molecular weight is 399 g/mol. The second-order valence-electron chi connectivity index (χ2n) is 6.36. The number of aliphatic hydroxyl groups is 1. The largest absolute Gasteiger partial charge is 0.504 e. The van der Waals surface area contributed by atoms with Gasteiger partial charge in [0, 0.05) is 10.7 Å². The summed E-state index contributed by atoms with van der Waals surface area (Å²) in [5.74, 6) is -0.204. The van der Waals surface area contributed by atoms with E-state index in [0.29, 0.717) is 6.54 Å². The van der Waals surface area contributed by atoms with Gasteiger partial charge in [0.2, 0.25) is 0 Å². The summed E-state index contributed by atoms with van der Waals surface area (Å²) in [5.41, 5.74) is 0.739. The molecule has 0 saturated carbocycles. The van der Waals surface area contributed by atoms with Crippen LogP contribution in [-0.2, 0) is 12.0 Å². The molecule has 1 N–H and O–H groups in total. The summed E-state index contributed by atoms with van der Waals surface area (Å²) >= 11 is 3.46. The monoisotopic (exact) mass is 398 g/mol. The van der Waals surface area contributed by atoms with Gasteiger partial charge in [-0.3, -0.25) is 4.99 Å². The molecular weight excluding hydrogens is 385 g/mol. The minimum atomic E-state index is -4.50. The number of benzene rings is 1. The van der Waals surface area contributed by atoms with Gasteiger partial charge in [0.05, 0.1) is 12.1 Å². The lowest BCUT2D eigenvalue weighted by molar-refractivity contribution is -0.0894. The van der Waals surface area contributed by atoms with Gasteiger partial charge >= 0.3 is 6.18 Å². The molecule has 24 heavy (non-hydrogen) atoms. The van der Waals surface area contributed by atoms with E-state index < -0.39 is 23.0 Å². The van der Waals surface area contributed by atoms with Crippen LogP contribution in [0.2, 0.25) is 0 Å². The Morgan fingerprint density at radius 1 is 1.29 bits per heavy atom. The fourth-order valence-corrected chi connectivity index (χ4v) is 4.16. The summed E-state index contributed by atoms with van der Waals surface area (Å²) in [6.07, 6.45) is -0.115. The van der Waals surface area contributed by atoms with E-state index in [0.717, 1.165) is 47.1 Å². The SMILES string of the molecule is OC1=CC(C(F)(F)F)=CN2C[C@@]3(CCCc4cc(Br)ccc43)N=C12. The van der Waals surface area contributed by atoms with E-state index in [2.05, 4.69) is 20.9 Å². The van der Waals surface area contributed by atoms with Crippen LogP contribution >= 0.6 is 15.9 Å². The minimum absolute atomic E-state index is 0.221. The van der Waals surface area contributed by atoms with Crippen molar-refractivity contribution >= 4 is 21.8 Å². The topological polar surface area (TPSA) is 35.8 Å². The van der Waals surface area contributed by atoms with Crippen molar-refractivity contribution in [1.82, 2.24) is 4.90 Å². The van der Waals surface area contributed by atoms with E-state index in [9.17, 15) is 18.3 Å². The zero-order chi connectivity index (χ0) is 17.1. The van der Waals surface area contributed by atoms with Crippen LogP contribution < -0.4 is 0 Å². The summed E-state index contributed by atoms with van der Waals surface area (Å²) < 4.78 is 40.0. The maximum atomic E-state index is 13.0. The number of hydrogen-bond donors (Lipinski definition) is 1. The van der Waals surface area contributed by atoms with Crippen molar-refractivity contribution in [3.05, 3.63) is 57.4 Å². The standard InChI is InChI=1S/C17H14BrF3N2O/c18-12-3-4-13-10(6-12)2-1-5-16(13)9-23-8-11(17(19,20)21)7-14(24)15(23)22-16/h3-4,6-8,24H,1-2,5,9H2/t16-/m1/s1. The summed E-state index contributed by atoms with van der Waals surface area (Å²) in [6, 6.07) is 5.95. The number of fused-ring (bicyclic) bond motifs is 3. The van der Waals surface area contributed by atoms with Crippen molar-refractivity contribution in [3.63, 3.8) is 0 Å². The molecule has 7 heteroatoms. The molecule has 0 unspecified atom stereocenters. The van der Waals surface area contributed by atoms with Crippen LogP contribution in [0.1, 0.15) is 24.0 Å². The molecule has 3 nitrogen and oxygen atoms in total. The van der Waals surface area contributed by atoms with E-state index in [4.69, 9.17) is 0 Å². The second-order valence-corrected chi connectivity index (χ2v) is 7.28. The number of alkyl halides is 3. The van der Waals surface area contributed by atoms with Crippen molar-refractivity contribution in [3.8, 4) is 0 Å². The molecule has 1 aromatic rings. The normalized spacial score (nSPS) is 25.8. The van der Waals surface area contributed by atoms with Crippen molar-refractivity contribution in [2.75, 3.05) is 6.54 Å². The summed E-state index contributed by atoms with van der Waals surface area (Å²) in [6.45, 7) is 0.314. The lowest BCUT2D eigenvalue weighted by atomic mass is 9.77. The number of halogens is 4. The first kappa shape index (κ1) is 15.7. The van der Waals surface area contributed by atoms with Crippen LogP contribution in [-0.4, -0.2) is 28.6 Å². The van der Waals surface area contributed by atoms with Crippen LogP contribution in [0.4, 0.5) is 13.2 Å². The molecule has 2 heterocycles. The average Bonchev–Trinajstić information content (AvgIpc) is 2.86. The first-order valence-electron chi connectivity index (χ1n) is 7.64. The number of allylic oxidation sites excluding steroid dienone is 2. The third kappa shape index (κ3) is 2.37. The predicted molar refractivity (Wildman–Crippen MR) is 87.7 cm³/mol. The quantitative estimate of drug-likeness (QED) is 0.693. The molecule has 0 bridgehead atoms. The highest BCUT2D eigenvalue weighted by molar-refractivity contribution is 9.10. The van der Waals surface area contributed by atoms with Crippen LogP contribution in [0.5, 0.6) is 0 Å². The fourth-order valence-electron chi connectivity index (χ4n) is 3.75. The smallest absolute Gasteiger partial charge is 0.417 e. The third-order valence-electron chi connectivity index (χ3n) is 4.77. The number of aliphatic hydroxyl groups excluding tert-OH is 1. The van der Waals surface area contributed by atoms with E-state index >= 15 is 0 Å². The van der Waals surface area contributed by atoms with Crippen LogP contribution in [0.3, 0.4) is 0 Å². The molecule has 0 saturated heterocycles. The van der Waals surface area contributed by atoms with Crippen LogP contribution in [0.25, 0.3) is 0 Å². The number of amidine groups is 1. The van der Waals surface area contributed by atoms with Crippen molar-refractivity contribution in [2.45, 2.75) is 31.0 Å². The van der Waals surface area contributed by atoms with Gasteiger partial charge in [-0.1, -0.05) is 22.0 Å². The lowest BCUT2D eigenvalue weighted by Gasteiger charge is -2.34. The molecule has 0 radical (unpaired) electrons. The first-order chi connectivity index (χ1) is 11.3. The molecule has 1 aliphatic carbocycles. The molecule has 1 spiro atoms. The highest BCUT2D eigenvalue weighted by Crippen LogP contribution is 2.45. The van der Waals surface area contributed by atoms with Gasteiger partial charge in [-0.05, 0) is 48.6 Å². The highest BCUT2D eigenvalue weighted by Gasteiger charge is 2.46. The Kier molecular flexibility index (Phi) is 3.36. The van der Waals surface area contributed by atoms with E-state index in [-0.39, 0.29) is 5.84 Å². The second kappa shape index (κ2) is 5.12. The third-order valence-corrected chi connectivity index (χ3v) is 5.27. The highest BCUT2D eigenvalue weighted by atomic mass is 79.9. The molecule has 1 atom stereocenters. The molecule has 0 aromatic heterocycles. The molecule has 4 rings (SSSR count). The van der Waals surface area contributed by atoms with Crippen LogP contribution in [0, 0.1) is 0 Å². The molecule has 1 aromatic carbocycles. The van der Waals surface area contributed by atoms with Gasteiger partial charge < -0.3 is 10.0 Å². The number of nitrogens with zero attached hydrogens (tertiary/aromatic N) is 2. The number of rotatable bonds is 0. The zero-order valence-electron chi connectivity index (χ0n) is 12.6. The van der Waals surface area contributed by atoms with E-state index in [1.807, 2.05) is 18.2 Å². The van der Waals surface area contributed by atoms with E-state index in [1.54, 1.807) is 0 Å². The van der Waals surface area contributed by atoms with Gasteiger partial charge in [-0.15, -0.1) is 0 Å². The van der Waals surface area contributed by atoms with Gasteiger partial charge in [-0.25, -0.2) is 0 Å². The zero-order valence-corrected chi connectivity index (χ0v) is 14.2. The first-order valence-corrected chi connectivity index (χ1v) is 8.43. The maximum Gasteiger partial charge on any atom is 0.417 e. The Morgan fingerprint density at radius 2 is 2.08 bits per heavy atom. The molecule has 3 aliphatic rings. The number of aryl methyl sites for hydroxylation is 1. The Hall–Kier alpha value is -1.76. The van der Waals surface area contributed by atoms with Crippen molar-refractivity contribution < 1.29 is 18.3 Å². The molecule has 0 amide bonds. The van der Waals surface area contributed by atoms with Gasteiger partial charge in [-0.2, -0.15) is 13.2 Å². The predicted octanol–water partition coefficient (Wildman–Crippen LogP) is 4.60. The molecule has 2 aliphatic heterocycles. The van der Waals surface area contributed by atoms with Crippen molar-refractivity contribution in [1.29, 1.82) is 0 Å². The summed E-state index contributed by atoms with van der Waals surface area (Å²) in [4.78, 5) is 6.09. The minimum Gasteiger partial charge on any atom is -0.504 e. The Morgan fingerprint density at radius 3 is 2.83 bits per heavy atom. The van der Waals surface area contributed by atoms with Gasteiger partial charge in [0.15, 0.2) is 11.6 Å². The number of aliphatic imine (C=N–C) groups is 1. The molecular formula is C17H14BrF3N2O. The van der Waals surface area contributed by atoms with Gasteiger partial charge in [0.25, 0.3) is 0 Å². The van der Waals surface area contributed by atoms with Crippen LogP contribution in [0.15, 0.2) is 51.3 Å². The lowest BCUT2D eigenvalue weighted by Crippen LogP contribution is -2.36. The van der Waals surface area contributed by atoms with Gasteiger partial charge in [0.1, 0.15) is 5.54 Å².